The van der Waals surface area contributed by atoms with Gasteiger partial charge in [-0.15, -0.1) is 0 Å². The van der Waals surface area contributed by atoms with Crippen molar-refractivity contribution >= 4 is 21.9 Å². The number of aryl methyl sites for hydroxylation is 2. The number of aromatic nitrogens is 1. The Kier molecular flexibility index (Phi) is 3.93. The van der Waals surface area contributed by atoms with Crippen LogP contribution in [0.25, 0.3) is 44.3 Å². The zero-order valence-corrected chi connectivity index (χ0v) is 16.2. The second-order valence-electron chi connectivity index (χ2n) is 7.32. The molecule has 0 aliphatic carbocycles. The number of hydrogen-bond donors (Lipinski definition) is 0. The lowest BCUT2D eigenvalue weighted by Crippen LogP contribution is -1.89. The molecule has 2 aromatic heterocycles. The fraction of sp³-hybridized carbons (Fsp3) is 0.0769. The Morgan fingerprint density at radius 1 is 0.828 bits per heavy atom. The first kappa shape index (κ1) is 17.2. The number of fused-ring (bicyclic) bond motifs is 3. The number of benzene rings is 3. The minimum absolute atomic E-state index is 0.649. The van der Waals surface area contributed by atoms with Gasteiger partial charge in [0.15, 0.2) is 0 Å². The summed E-state index contributed by atoms with van der Waals surface area (Å²) in [6.45, 7) is 4.15. The van der Waals surface area contributed by atoms with E-state index in [-0.39, 0.29) is 0 Å². The standard InChI is InChI=1S/C26H18N2O/c1-16-9-10-19(17(2)12-16)22-14-25-23(13-18(22)15-27)20-6-5-7-21(26(20)29-25)24-8-3-4-11-28-24/h3-14H,1-2H3. The number of para-hydroxylation sites is 1. The maximum atomic E-state index is 9.84. The SMILES string of the molecule is Cc1ccc(-c2cc3oc4c(-c5ccccn5)cccc4c3cc2C#N)c(C)c1. The van der Waals surface area contributed by atoms with Crippen LogP contribution in [0.1, 0.15) is 16.7 Å². The number of nitrogens with zero attached hydrogens (tertiary/aromatic N) is 2. The first-order valence-electron chi connectivity index (χ1n) is 9.54. The summed E-state index contributed by atoms with van der Waals surface area (Å²) in [5.41, 5.74) is 8.34. The first-order chi connectivity index (χ1) is 14.2. The van der Waals surface area contributed by atoms with E-state index in [1.54, 1.807) is 6.20 Å². The number of nitriles is 1. The van der Waals surface area contributed by atoms with Gasteiger partial charge in [-0.1, -0.05) is 42.0 Å². The smallest absolute Gasteiger partial charge is 0.144 e. The van der Waals surface area contributed by atoms with Gasteiger partial charge in [0.25, 0.3) is 0 Å². The summed E-state index contributed by atoms with van der Waals surface area (Å²) in [5.74, 6) is 0. The summed E-state index contributed by atoms with van der Waals surface area (Å²) in [6, 6.07) is 24.5. The molecule has 0 N–H and O–H groups in total. The Balaban J connectivity index is 1.81. The van der Waals surface area contributed by atoms with Gasteiger partial charge in [0.05, 0.1) is 17.3 Å². The van der Waals surface area contributed by atoms with E-state index >= 15 is 0 Å². The van der Waals surface area contributed by atoms with E-state index in [4.69, 9.17) is 4.42 Å². The van der Waals surface area contributed by atoms with E-state index in [1.807, 2.05) is 48.5 Å². The van der Waals surface area contributed by atoms with Gasteiger partial charge >= 0.3 is 0 Å². The molecule has 0 amide bonds. The Hall–Kier alpha value is -3.90. The number of rotatable bonds is 2. The van der Waals surface area contributed by atoms with Crippen molar-refractivity contribution in [1.29, 1.82) is 5.26 Å². The van der Waals surface area contributed by atoms with Crippen molar-refractivity contribution in [3.8, 4) is 28.5 Å². The fourth-order valence-corrected chi connectivity index (χ4v) is 4.00. The van der Waals surface area contributed by atoms with Crippen LogP contribution in [0.2, 0.25) is 0 Å². The molecular formula is C26H18N2O. The monoisotopic (exact) mass is 374 g/mol. The fourth-order valence-electron chi connectivity index (χ4n) is 4.00. The van der Waals surface area contributed by atoms with Gasteiger partial charge < -0.3 is 4.42 Å². The lowest BCUT2D eigenvalue weighted by molar-refractivity contribution is 0.670. The minimum atomic E-state index is 0.649. The van der Waals surface area contributed by atoms with Crippen molar-refractivity contribution in [2.75, 3.05) is 0 Å². The van der Waals surface area contributed by atoms with Crippen molar-refractivity contribution in [3.05, 3.63) is 89.6 Å². The molecule has 0 saturated carbocycles. The largest absolute Gasteiger partial charge is 0.455 e. The van der Waals surface area contributed by atoms with E-state index in [0.717, 1.165) is 49.9 Å². The van der Waals surface area contributed by atoms with Crippen LogP contribution in [-0.4, -0.2) is 4.98 Å². The average Bonchev–Trinajstić information content (AvgIpc) is 3.11. The molecule has 0 aliphatic rings. The zero-order chi connectivity index (χ0) is 20.0. The van der Waals surface area contributed by atoms with Gasteiger partial charge in [-0.3, -0.25) is 4.98 Å². The average molecular weight is 374 g/mol. The molecular weight excluding hydrogens is 356 g/mol. The maximum absolute atomic E-state index is 9.84. The van der Waals surface area contributed by atoms with Crippen LogP contribution in [0.4, 0.5) is 0 Å². The Morgan fingerprint density at radius 3 is 2.48 bits per heavy atom. The highest BCUT2D eigenvalue weighted by atomic mass is 16.3. The Bertz CT molecular complexity index is 1420. The van der Waals surface area contributed by atoms with E-state index < -0.39 is 0 Å². The first-order valence-corrected chi connectivity index (χ1v) is 9.54. The molecule has 0 atom stereocenters. The molecule has 0 spiro atoms. The second-order valence-corrected chi connectivity index (χ2v) is 7.32. The highest BCUT2D eigenvalue weighted by Gasteiger charge is 2.17. The van der Waals surface area contributed by atoms with Crippen molar-refractivity contribution in [2.24, 2.45) is 0 Å². The maximum Gasteiger partial charge on any atom is 0.144 e. The van der Waals surface area contributed by atoms with Gasteiger partial charge in [-0.25, -0.2) is 0 Å². The highest BCUT2D eigenvalue weighted by Crippen LogP contribution is 2.38. The molecule has 29 heavy (non-hydrogen) atoms. The van der Waals surface area contributed by atoms with E-state index in [0.29, 0.717) is 5.56 Å². The predicted molar refractivity (Wildman–Crippen MR) is 117 cm³/mol. The summed E-state index contributed by atoms with van der Waals surface area (Å²) in [5, 5.41) is 11.8. The Labute approximate surface area is 168 Å². The molecule has 5 aromatic rings. The number of furan rings is 1. The van der Waals surface area contributed by atoms with E-state index in [9.17, 15) is 5.26 Å². The van der Waals surface area contributed by atoms with Crippen molar-refractivity contribution < 1.29 is 4.42 Å². The van der Waals surface area contributed by atoms with Crippen LogP contribution < -0.4 is 0 Å². The van der Waals surface area contributed by atoms with E-state index in [1.165, 1.54) is 5.56 Å². The molecule has 0 saturated heterocycles. The van der Waals surface area contributed by atoms with Gasteiger partial charge in [0.2, 0.25) is 0 Å². The lowest BCUT2D eigenvalue weighted by atomic mass is 9.94. The third kappa shape index (κ3) is 2.78. The Morgan fingerprint density at radius 2 is 1.72 bits per heavy atom. The highest BCUT2D eigenvalue weighted by molar-refractivity contribution is 6.10. The molecule has 3 aromatic carbocycles. The molecule has 0 aliphatic heterocycles. The van der Waals surface area contributed by atoms with Crippen LogP contribution >= 0.6 is 0 Å². The summed E-state index contributed by atoms with van der Waals surface area (Å²) in [7, 11) is 0. The molecule has 0 unspecified atom stereocenters. The van der Waals surface area contributed by atoms with Crippen molar-refractivity contribution in [1.82, 2.24) is 4.98 Å². The minimum Gasteiger partial charge on any atom is -0.455 e. The molecule has 3 nitrogen and oxygen atoms in total. The number of hydrogen-bond acceptors (Lipinski definition) is 3. The predicted octanol–water partition coefficient (Wildman–Crippen LogP) is 6.80. The molecule has 5 rings (SSSR count). The molecule has 0 fully saturated rings. The van der Waals surface area contributed by atoms with Crippen LogP contribution in [0.3, 0.4) is 0 Å². The van der Waals surface area contributed by atoms with Crippen molar-refractivity contribution in [2.45, 2.75) is 13.8 Å². The molecule has 138 valence electrons. The van der Waals surface area contributed by atoms with E-state index in [2.05, 4.69) is 43.1 Å². The third-order valence-corrected chi connectivity index (χ3v) is 5.37. The quantitative estimate of drug-likeness (QED) is 0.341. The molecule has 2 heterocycles. The van der Waals surface area contributed by atoms with Crippen LogP contribution in [0.15, 0.2) is 77.3 Å². The summed E-state index contributed by atoms with van der Waals surface area (Å²) in [6.07, 6.45) is 1.78. The van der Waals surface area contributed by atoms with Gasteiger partial charge in [-0.2, -0.15) is 5.26 Å². The topological polar surface area (TPSA) is 49.8 Å². The number of pyridine rings is 1. The normalized spacial score (nSPS) is 11.1. The van der Waals surface area contributed by atoms with Gasteiger partial charge in [0.1, 0.15) is 11.2 Å². The summed E-state index contributed by atoms with van der Waals surface area (Å²) >= 11 is 0. The lowest BCUT2D eigenvalue weighted by Gasteiger charge is -2.09. The molecule has 0 radical (unpaired) electrons. The second kappa shape index (κ2) is 6.61. The van der Waals surface area contributed by atoms with Crippen LogP contribution in [0, 0.1) is 25.2 Å². The summed E-state index contributed by atoms with van der Waals surface area (Å²) < 4.78 is 6.31. The summed E-state index contributed by atoms with van der Waals surface area (Å²) in [4.78, 5) is 4.48. The van der Waals surface area contributed by atoms with Gasteiger partial charge in [-0.05, 0) is 55.3 Å². The van der Waals surface area contributed by atoms with Crippen LogP contribution in [0.5, 0.6) is 0 Å². The van der Waals surface area contributed by atoms with Gasteiger partial charge in [0, 0.05) is 28.1 Å². The molecule has 0 bridgehead atoms. The van der Waals surface area contributed by atoms with Crippen molar-refractivity contribution in [3.63, 3.8) is 0 Å². The third-order valence-electron chi connectivity index (χ3n) is 5.37. The molecule has 3 heteroatoms. The van der Waals surface area contributed by atoms with Crippen LogP contribution in [-0.2, 0) is 0 Å². The zero-order valence-electron chi connectivity index (χ0n) is 16.2.